The number of carbonyl (C=O) groups excluding carboxylic acids is 3. The summed E-state index contributed by atoms with van der Waals surface area (Å²) in [5.41, 5.74) is 3.11. The molecule has 1 heterocycles. The number of hydrogen-bond acceptors (Lipinski definition) is 4. The van der Waals surface area contributed by atoms with Crippen LogP contribution >= 0.6 is 0 Å². The van der Waals surface area contributed by atoms with E-state index >= 15 is 0 Å². The summed E-state index contributed by atoms with van der Waals surface area (Å²) in [6, 6.07) is 12.6. The number of nitrogens with one attached hydrogen (secondary N) is 2. The minimum atomic E-state index is -0.765. The van der Waals surface area contributed by atoms with Gasteiger partial charge in [0.25, 0.3) is 0 Å². The van der Waals surface area contributed by atoms with Crippen LogP contribution in [0, 0.1) is 6.92 Å². The van der Waals surface area contributed by atoms with Gasteiger partial charge in [-0.25, -0.2) is 0 Å². The molecule has 7 nitrogen and oxygen atoms in total. The number of ether oxygens (including phenoxy) is 1. The summed E-state index contributed by atoms with van der Waals surface area (Å²) in [4.78, 5) is 37.8. The minimum absolute atomic E-state index is 0.0468. The molecular formula is C21H23N3O4. The van der Waals surface area contributed by atoms with Gasteiger partial charge >= 0.3 is 11.8 Å². The zero-order valence-corrected chi connectivity index (χ0v) is 16.0. The number of carbonyl (C=O) groups is 3. The fraction of sp³-hybridized carbons (Fsp3) is 0.286. The summed E-state index contributed by atoms with van der Waals surface area (Å²) in [5.74, 6) is -0.976. The Kier molecular flexibility index (Phi) is 5.93. The van der Waals surface area contributed by atoms with Crippen molar-refractivity contribution >= 4 is 29.1 Å². The van der Waals surface area contributed by atoms with Crippen LogP contribution in [0.1, 0.15) is 24.0 Å². The lowest BCUT2D eigenvalue weighted by atomic mass is 10.1. The molecule has 0 atom stereocenters. The molecule has 7 heteroatoms. The molecule has 0 bridgehead atoms. The van der Waals surface area contributed by atoms with E-state index in [1.807, 2.05) is 31.2 Å². The van der Waals surface area contributed by atoms with E-state index in [0.29, 0.717) is 30.1 Å². The quantitative estimate of drug-likeness (QED) is 0.779. The summed E-state index contributed by atoms with van der Waals surface area (Å²) < 4.78 is 5.36. The van der Waals surface area contributed by atoms with E-state index in [-0.39, 0.29) is 12.5 Å². The van der Waals surface area contributed by atoms with Gasteiger partial charge in [-0.05, 0) is 31.0 Å². The van der Waals surface area contributed by atoms with Gasteiger partial charge in [-0.3, -0.25) is 14.4 Å². The molecule has 0 aromatic heterocycles. The second kappa shape index (κ2) is 8.56. The average Bonchev–Trinajstić information content (AvgIpc) is 3.12. The average molecular weight is 381 g/mol. The van der Waals surface area contributed by atoms with E-state index in [9.17, 15) is 14.4 Å². The van der Waals surface area contributed by atoms with Gasteiger partial charge in [0.05, 0.1) is 12.8 Å². The van der Waals surface area contributed by atoms with Crippen molar-refractivity contribution in [1.29, 1.82) is 0 Å². The minimum Gasteiger partial charge on any atom is -0.494 e. The normalized spacial score (nSPS) is 13.4. The number of methoxy groups -OCH3 is 1. The molecule has 2 N–H and O–H groups in total. The van der Waals surface area contributed by atoms with Crippen LogP contribution in [0.4, 0.5) is 11.4 Å². The molecule has 1 saturated heterocycles. The molecule has 3 amide bonds. The van der Waals surface area contributed by atoms with E-state index in [2.05, 4.69) is 10.6 Å². The molecule has 1 aliphatic rings. The zero-order valence-electron chi connectivity index (χ0n) is 16.0. The van der Waals surface area contributed by atoms with Gasteiger partial charge in [0, 0.05) is 31.3 Å². The van der Waals surface area contributed by atoms with Crippen molar-refractivity contribution in [2.24, 2.45) is 0 Å². The number of amides is 3. The van der Waals surface area contributed by atoms with E-state index in [1.54, 1.807) is 23.1 Å². The second-order valence-electron chi connectivity index (χ2n) is 6.66. The topological polar surface area (TPSA) is 87.7 Å². The van der Waals surface area contributed by atoms with Gasteiger partial charge < -0.3 is 20.3 Å². The summed E-state index contributed by atoms with van der Waals surface area (Å²) in [6.07, 6.45) is 1.32. The highest BCUT2D eigenvalue weighted by atomic mass is 16.5. The van der Waals surface area contributed by atoms with Crippen LogP contribution in [0.2, 0.25) is 0 Å². The van der Waals surface area contributed by atoms with Crippen LogP contribution in [0.5, 0.6) is 5.75 Å². The maximum absolute atomic E-state index is 12.2. The molecule has 0 spiro atoms. The molecule has 0 unspecified atom stereocenters. The lowest BCUT2D eigenvalue weighted by molar-refractivity contribution is -0.136. The van der Waals surface area contributed by atoms with Crippen molar-refractivity contribution in [2.45, 2.75) is 26.3 Å². The first kappa shape index (κ1) is 19.4. The molecule has 2 aromatic rings. The fourth-order valence-corrected chi connectivity index (χ4v) is 3.04. The summed E-state index contributed by atoms with van der Waals surface area (Å²) in [7, 11) is 1.50. The molecule has 2 aromatic carbocycles. The SMILES string of the molecule is COc1cc(NC(=O)C(=O)NCc2ccc(C)cc2)ccc1N1CCCC1=O. The maximum atomic E-state index is 12.2. The highest BCUT2D eigenvalue weighted by molar-refractivity contribution is 6.39. The van der Waals surface area contributed by atoms with Gasteiger partial charge in [-0.15, -0.1) is 0 Å². The van der Waals surface area contributed by atoms with Gasteiger partial charge in [-0.1, -0.05) is 29.8 Å². The van der Waals surface area contributed by atoms with Crippen molar-refractivity contribution in [3.8, 4) is 5.75 Å². The Morgan fingerprint density at radius 3 is 2.50 bits per heavy atom. The van der Waals surface area contributed by atoms with E-state index in [4.69, 9.17) is 4.74 Å². The highest BCUT2D eigenvalue weighted by Crippen LogP contribution is 2.33. The van der Waals surface area contributed by atoms with Crippen LogP contribution in [0.3, 0.4) is 0 Å². The molecule has 1 aliphatic heterocycles. The first-order valence-electron chi connectivity index (χ1n) is 9.11. The summed E-state index contributed by atoms with van der Waals surface area (Å²) >= 11 is 0. The number of hydrogen-bond donors (Lipinski definition) is 2. The Morgan fingerprint density at radius 1 is 1.11 bits per heavy atom. The van der Waals surface area contributed by atoms with Crippen LogP contribution in [0.25, 0.3) is 0 Å². The van der Waals surface area contributed by atoms with Crippen LogP contribution in [0.15, 0.2) is 42.5 Å². The van der Waals surface area contributed by atoms with Crippen LogP contribution < -0.4 is 20.3 Å². The standard InChI is InChI=1S/C21H23N3O4/c1-14-5-7-15(8-6-14)13-22-20(26)21(27)23-16-9-10-17(18(12-16)28-2)24-11-3-4-19(24)25/h5-10,12H,3-4,11,13H2,1-2H3,(H,22,26)(H,23,27). The first-order valence-corrected chi connectivity index (χ1v) is 9.11. The molecule has 1 fully saturated rings. The third-order valence-electron chi connectivity index (χ3n) is 4.58. The van der Waals surface area contributed by atoms with Crippen molar-refractivity contribution in [3.05, 3.63) is 53.6 Å². The number of nitrogens with zero attached hydrogens (tertiary/aromatic N) is 1. The Hall–Kier alpha value is -3.35. The van der Waals surface area contributed by atoms with Crippen LogP contribution in [-0.2, 0) is 20.9 Å². The smallest absolute Gasteiger partial charge is 0.313 e. The summed E-state index contributed by atoms with van der Waals surface area (Å²) in [5, 5.41) is 5.15. The third-order valence-corrected chi connectivity index (χ3v) is 4.58. The monoisotopic (exact) mass is 381 g/mol. The Bertz CT molecular complexity index is 893. The molecular weight excluding hydrogens is 358 g/mol. The lowest BCUT2D eigenvalue weighted by Gasteiger charge is -2.19. The molecule has 3 rings (SSSR count). The Morgan fingerprint density at radius 2 is 1.86 bits per heavy atom. The van der Waals surface area contributed by atoms with Crippen molar-refractivity contribution in [3.63, 3.8) is 0 Å². The molecule has 0 aliphatic carbocycles. The van der Waals surface area contributed by atoms with Crippen molar-refractivity contribution in [1.82, 2.24) is 5.32 Å². The van der Waals surface area contributed by atoms with Gasteiger partial charge in [0.2, 0.25) is 5.91 Å². The van der Waals surface area contributed by atoms with Crippen molar-refractivity contribution in [2.75, 3.05) is 23.9 Å². The summed E-state index contributed by atoms with van der Waals surface area (Å²) in [6.45, 7) is 2.89. The number of anilines is 2. The van der Waals surface area contributed by atoms with E-state index in [1.165, 1.54) is 7.11 Å². The predicted octanol–water partition coefficient (Wildman–Crippen LogP) is 2.39. The van der Waals surface area contributed by atoms with Crippen molar-refractivity contribution < 1.29 is 19.1 Å². The van der Waals surface area contributed by atoms with E-state index < -0.39 is 11.8 Å². The predicted molar refractivity (Wildman–Crippen MR) is 106 cm³/mol. The Labute approximate surface area is 163 Å². The van der Waals surface area contributed by atoms with Gasteiger partial charge in [0.1, 0.15) is 5.75 Å². The second-order valence-corrected chi connectivity index (χ2v) is 6.66. The lowest BCUT2D eigenvalue weighted by Crippen LogP contribution is -2.35. The molecule has 146 valence electrons. The number of rotatable bonds is 5. The Balaban J connectivity index is 1.62. The third kappa shape index (κ3) is 4.49. The van der Waals surface area contributed by atoms with E-state index in [0.717, 1.165) is 17.5 Å². The van der Waals surface area contributed by atoms with Crippen LogP contribution in [-0.4, -0.2) is 31.4 Å². The van der Waals surface area contributed by atoms with Gasteiger partial charge in [-0.2, -0.15) is 0 Å². The highest BCUT2D eigenvalue weighted by Gasteiger charge is 2.25. The molecule has 28 heavy (non-hydrogen) atoms. The molecule has 0 saturated carbocycles. The zero-order chi connectivity index (χ0) is 20.1. The number of benzene rings is 2. The number of aryl methyl sites for hydroxylation is 1. The maximum Gasteiger partial charge on any atom is 0.313 e. The fourth-order valence-electron chi connectivity index (χ4n) is 3.04. The first-order chi connectivity index (χ1) is 13.5. The molecule has 0 radical (unpaired) electrons. The largest absolute Gasteiger partial charge is 0.494 e. The van der Waals surface area contributed by atoms with Gasteiger partial charge in [0.15, 0.2) is 0 Å².